The number of hydrogen-bond donors (Lipinski definition) is 3. The lowest BCUT2D eigenvalue weighted by Gasteiger charge is -2.36. The monoisotopic (exact) mass is 279 g/mol. The Hall–Kier alpha value is -1.26. The van der Waals surface area contributed by atoms with Gasteiger partial charge in [-0.05, 0) is 57.4 Å². The Labute approximate surface area is 121 Å². The normalized spacial score (nSPS) is 25.4. The molecule has 4 heteroatoms. The molecule has 1 aliphatic heterocycles. The molecule has 0 aliphatic carbocycles. The SMILES string of the molecule is C[C@@H]1CCC[C@@H](C)[NH+]1C[C@H](O)COc1ccc(N)cc1. The van der Waals surface area contributed by atoms with Crippen LogP contribution in [-0.4, -0.2) is 36.4 Å². The molecular formula is C16H27N2O2+. The molecule has 0 saturated carbocycles. The van der Waals surface area contributed by atoms with Crippen LogP contribution in [0.4, 0.5) is 5.69 Å². The average molecular weight is 279 g/mol. The van der Waals surface area contributed by atoms with Crippen LogP contribution in [0, 0.1) is 0 Å². The number of rotatable bonds is 5. The summed E-state index contributed by atoms with van der Waals surface area (Å²) in [4.78, 5) is 1.50. The van der Waals surface area contributed by atoms with Crippen molar-refractivity contribution in [3.63, 3.8) is 0 Å². The first-order valence-electron chi connectivity index (χ1n) is 7.58. The van der Waals surface area contributed by atoms with Crippen LogP contribution < -0.4 is 15.4 Å². The number of benzene rings is 1. The summed E-state index contributed by atoms with van der Waals surface area (Å²) in [6.45, 7) is 5.65. The number of piperidine rings is 1. The first-order valence-corrected chi connectivity index (χ1v) is 7.58. The first kappa shape index (κ1) is 15.1. The summed E-state index contributed by atoms with van der Waals surface area (Å²) in [6, 6.07) is 8.54. The lowest BCUT2D eigenvalue weighted by atomic mass is 9.97. The van der Waals surface area contributed by atoms with E-state index in [9.17, 15) is 5.11 Å². The lowest BCUT2D eigenvalue weighted by molar-refractivity contribution is -0.954. The van der Waals surface area contributed by atoms with Gasteiger partial charge >= 0.3 is 0 Å². The summed E-state index contributed by atoms with van der Waals surface area (Å²) >= 11 is 0. The maximum atomic E-state index is 10.2. The molecular weight excluding hydrogens is 252 g/mol. The van der Waals surface area contributed by atoms with Gasteiger partial charge in [0.05, 0.1) is 12.1 Å². The smallest absolute Gasteiger partial charge is 0.137 e. The van der Waals surface area contributed by atoms with E-state index in [4.69, 9.17) is 10.5 Å². The van der Waals surface area contributed by atoms with Crippen LogP contribution >= 0.6 is 0 Å². The Morgan fingerprint density at radius 2 is 1.85 bits per heavy atom. The Kier molecular flexibility index (Phi) is 5.26. The zero-order valence-electron chi connectivity index (χ0n) is 12.5. The number of nitrogens with one attached hydrogen (secondary N) is 1. The quantitative estimate of drug-likeness (QED) is 0.701. The van der Waals surface area contributed by atoms with Crippen molar-refractivity contribution < 1.29 is 14.7 Å². The molecule has 2 rings (SSSR count). The molecule has 1 aliphatic rings. The first-order chi connectivity index (χ1) is 9.56. The summed E-state index contributed by atoms with van der Waals surface area (Å²) in [5, 5.41) is 10.2. The third-order valence-corrected chi connectivity index (χ3v) is 4.33. The molecule has 1 aromatic carbocycles. The molecule has 3 atom stereocenters. The molecule has 1 aromatic rings. The van der Waals surface area contributed by atoms with Crippen molar-refractivity contribution in [2.75, 3.05) is 18.9 Å². The number of anilines is 1. The fourth-order valence-electron chi connectivity index (χ4n) is 3.08. The van der Waals surface area contributed by atoms with Crippen molar-refractivity contribution in [2.45, 2.75) is 51.3 Å². The van der Waals surface area contributed by atoms with Crippen molar-refractivity contribution in [3.8, 4) is 5.75 Å². The molecule has 0 radical (unpaired) electrons. The largest absolute Gasteiger partial charge is 0.491 e. The van der Waals surface area contributed by atoms with Gasteiger partial charge in [0.15, 0.2) is 0 Å². The Morgan fingerprint density at radius 3 is 2.45 bits per heavy atom. The van der Waals surface area contributed by atoms with E-state index in [1.165, 1.54) is 24.2 Å². The third-order valence-electron chi connectivity index (χ3n) is 4.33. The van der Waals surface area contributed by atoms with Gasteiger partial charge in [-0.15, -0.1) is 0 Å². The molecule has 0 bridgehead atoms. The minimum absolute atomic E-state index is 0.340. The molecule has 4 nitrogen and oxygen atoms in total. The third kappa shape index (κ3) is 4.12. The molecule has 1 heterocycles. The molecule has 1 saturated heterocycles. The van der Waals surface area contributed by atoms with Crippen LogP contribution in [0.3, 0.4) is 0 Å². The van der Waals surface area contributed by atoms with Gasteiger partial charge < -0.3 is 20.5 Å². The van der Waals surface area contributed by atoms with Crippen molar-refractivity contribution in [2.24, 2.45) is 0 Å². The highest BCUT2D eigenvalue weighted by Crippen LogP contribution is 2.13. The fraction of sp³-hybridized carbons (Fsp3) is 0.625. The van der Waals surface area contributed by atoms with E-state index in [1.54, 1.807) is 0 Å². The van der Waals surface area contributed by atoms with Crippen LogP contribution in [-0.2, 0) is 0 Å². The molecule has 0 aromatic heterocycles. The van der Waals surface area contributed by atoms with E-state index in [2.05, 4.69) is 13.8 Å². The van der Waals surface area contributed by atoms with Gasteiger partial charge in [0.25, 0.3) is 0 Å². The van der Waals surface area contributed by atoms with Crippen LogP contribution in [0.5, 0.6) is 5.75 Å². The molecule has 1 fully saturated rings. The highest BCUT2D eigenvalue weighted by molar-refractivity contribution is 5.41. The van der Waals surface area contributed by atoms with Gasteiger partial charge in [-0.25, -0.2) is 0 Å². The predicted molar refractivity (Wildman–Crippen MR) is 81.0 cm³/mol. The van der Waals surface area contributed by atoms with E-state index in [1.807, 2.05) is 24.3 Å². The van der Waals surface area contributed by atoms with Gasteiger partial charge in [0, 0.05) is 5.69 Å². The van der Waals surface area contributed by atoms with E-state index < -0.39 is 6.10 Å². The predicted octanol–water partition coefficient (Wildman–Crippen LogP) is 0.854. The molecule has 112 valence electrons. The topological polar surface area (TPSA) is 59.9 Å². The number of ether oxygens (including phenoxy) is 1. The maximum Gasteiger partial charge on any atom is 0.137 e. The summed E-state index contributed by atoms with van der Waals surface area (Å²) in [6.07, 6.45) is 3.39. The van der Waals surface area contributed by atoms with E-state index in [0.717, 1.165) is 18.0 Å². The fourth-order valence-corrected chi connectivity index (χ4v) is 3.08. The number of aliphatic hydroxyl groups is 1. The van der Waals surface area contributed by atoms with Gasteiger partial charge in [-0.3, -0.25) is 0 Å². The molecule has 4 N–H and O–H groups in total. The van der Waals surface area contributed by atoms with Crippen LogP contribution in [0.2, 0.25) is 0 Å². The number of aliphatic hydroxyl groups excluding tert-OH is 1. The summed E-state index contributed by atoms with van der Waals surface area (Å²) < 4.78 is 5.62. The minimum atomic E-state index is -0.425. The second-order valence-corrected chi connectivity index (χ2v) is 6.05. The van der Waals surface area contributed by atoms with E-state index in [-0.39, 0.29) is 0 Å². The number of nitrogen functional groups attached to an aromatic ring is 1. The number of nitrogens with two attached hydrogens (primary N) is 1. The number of hydrogen-bond acceptors (Lipinski definition) is 3. The zero-order chi connectivity index (χ0) is 14.5. The van der Waals surface area contributed by atoms with Crippen molar-refractivity contribution >= 4 is 5.69 Å². The van der Waals surface area contributed by atoms with Gasteiger partial charge in [0.1, 0.15) is 25.0 Å². The van der Waals surface area contributed by atoms with Crippen molar-refractivity contribution in [1.82, 2.24) is 0 Å². The minimum Gasteiger partial charge on any atom is -0.491 e. The van der Waals surface area contributed by atoms with Crippen LogP contribution in [0.25, 0.3) is 0 Å². The van der Waals surface area contributed by atoms with Gasteiger partial charge in [0.2, 0.25) is 0 Å². The van der Waals surface area contributed by atoms with E-state index >= 15 is 0 Å². The standard InChI is InChI=1S/C16H26N2O2/c1-12-4-3-5-13(2)18(12)10-15(19)11-20-16-8-6-14(17)7-9-16/h6-9,12-13,15,19H,3-5,10-11,17H2,1-2H3/p+1/t12-,13-,15+/m1/s1. The Bertz CT molecular complexity index is 397. The Balaban J connectivity index is 1.79. The summed E-state index contributed by atoms with van der Waals surface area (Å²) in [5.74, 6) is 0.757. The zero-order valence-corrected chi connectivity index (χ0v) is 12.5. The van der Waals surface area contributed by atoms with Crippen LogP contribution in [0.1, 0.15) is 33.1 Å². The van der Waals surface area contributed by atoms with Crippen molar-refractivity contribution in [3.05, 3.63) is 24.3 Å². The number of quaternary nitrogens is 1. The highest BCUT2D eigenvalue weighted by Gasteiger charge is 2.30. The maximum absolute atomic E-state index is 10.2. The average Bonchev–Trinajstić information content (AvgIpc) is 2.42. The lowest BCUT2D eigenvalue weighted by Crippen LogP contribution is -3.20. The highest BCUT2D eigenvalue weighted by atomic mass is 16.5. The molecule has 0 amide bonds. The number of likely N-dealkylation sites (tertiary alicyclic amines) is 1. The van der Waals surface area contributed by atoms with Crippen LogP contribution in [0.15, 0.2) is 24.3 Å². The molecule has 20 heavy (non-hydrogen) atoms. The summed E-state index contributed by atoms with van der Waals surface area (Å²) in [7, 11) is 0. The second-order valence-electron chi connectivity index (χ2n) is 6.05. The second kappa shape index (κ2) is 6.95. The Morgan fingerprint density at radius 1 is 1.25 bits per heavy atom. The van der Waals surface area contributed by atoms with Gasteiger partial charge in [-0.2, -0.15) is 0 Å². The van der Waals surface area contributed by atoms with Crippen molar-refractivity contribution in [1.29, 1.82) is 0 Å². The summed E-state index contributed by atoms with van der Waals surface area (Å²) in [5.41, 5.74) is 6.35. The van der Waals surface area contributed by atoms with Gasteiger partial charge in [-0.1, -0.05) is 0 Å². The molecule has 0 unspecified atom stereocenters. The van der Waals surface area contributed by atoms with E-state index in [0.29, 0.717) is 18.7 Å². The molecule has 0 spiro atoms.